The minimum Gasteiger partial charge on any atom is -0.387 e. The monoisotopic (exact) mass is 916 g/mol. The minimum atomic E-state index is -4.32. The molecule has 0 bridgehead atoms. The molecular weight excluding hydrogens is 816 g/mol. The van der Waals surface area contributed by atoms with E-state index in [1.165, 1.54) is 116 Å². The van der Waals surface area contributed by atoms with E-state index < -0.39 is 20.0 Å². The lowest BCUT2D eigenvalue weighted by atomic mass is 10.0. The van der Waals surface area contributed by atoms with Gasteiger partial charge in [-0.2, -0.15) is 0 Å². The molecule has 1 amide bonds. The van der Waals surface area contributed by atoms with Crippen molar-refractivity contribution in [1.29, 1.82) is 0 Å². The van der Waals surface area contributed by atoms with Crippen LogP contribution in [0.15, 0.2) is 85.1 Å². The second kappa shape index (κ2) is 45.8. The van der Waals surface area contributed by atoms with Crippen molar-refractivity contribution in [1.82, 2.24) is 5.32 Å². The molecule has 0 aromatic heterocycles. The van der Waals surface area contributed by atoms with Gasteiger partial charge in [0, 0.05) is 6.42 Å². The zero-order chi connectivity index (χ0) is 47.1. The highest BCUT2D eigenvalue weighted by atomic mass is 31.2. The van der Waals surface area contributed by atoms with Crippen LogP contribution in [0.25, 0.3) is 0 Å². The molecule has 0 aliphatic heterocycles. The number of nitrogens with one attached hydrogen (secondary N) is 1. The van der Waals surface area contributed by atoms with Gasteiger partial charge in [0.25, 0.3) is 0 Å². The molecule has 0 heterocycles. The van der Waals surface area contributed by atoms with Crippen LogP contribution in [-0.4, -0.2) is 73.4 Å². The Morgan fingerprint density at radius 1 is 0.547 bits per heavy atom. The molecule has 0 aliphatic rings. The van der Waals surface area contributed by atoms with Gasteiger partial charge in [-0.25, -0.2) is 4.57 Å². The summed E-state index contributed by atoms with van der Waals surface area (Å²) < 4.78 is 23.3. The van der Waals surface area contributed by atoms with Crippen LogP contribution in [0, 0.1) is 0 Å². The molecule has 9 heteroatoms. The van der Waals surface area contributed by atoms with E-state index in [0.717, 1.165) is 70.6 Å². The summed E-state index contributed by atoms with van der Waals surface area (Å²) in [6.07, 6.45) is 65.1. The molecule has 0 aromatic carbocycles. The molecule has 0 fully saturated rings. The number of aliphatic hydroxyl groups is 1. The van der Waals surface area contributed by atoms with Crippen LogP contribution < -0.4 is 5.32 Å². The van der Waals surface area contributed by atoms with Crippen LogP contribution in [0.4, 0.5) is 0 Å². The molecule has 8 nitrogen and oxygen atoms in total. The minimum absolute atomic E-state index is 0.0584. The summed E-state index contributed by atoms with van der Waals surface area (Å²) in [5.41, 5.74) is 0. The Hall–Kier alpha value is -2.32. The van der Waals surface area contributed by atoms with Crippen molar-refractivity contribution in [2.75, 3.05) is 40.9 Å². The molecule has 0 aliphatic carbocycles. The van der Waals surface area contributed by atoms with Gasteiger partial charge in [0.2, 0.25) is 5.91 Å². The molecule has 3 unspecified atom stereocenters. The molecule has 0 saturated carbocycles. The van der Waals surface area contributed by atoms with E-state index in [1.54, 1.807) is 6.08 Å². The number of carbonyl (C=O) groups excluding carboxylic acids is 1. The predicted octanol–water partition coefficient (Wildman–Crippen LogP) is 15.3. The molecule has 0 saturated heterocycles. The summed E-state index contributed by atoms with van der Waals surface area (Å²) in [5.74, 6) is -0.190. The van der Waals surface area contributed by atoms with Gasteiger partial charge in [-0.15, -0.1) is 0 Å². The second-order valence-corrected chi connectivity index (χ2v) is 20.0. The zero-order valence-corrected chi connectivity index (χ0v) is 42.9. The number of hydrogen-bond acceptors (Lipinski definition) is 5. The lowest BCUT2D eigenvalue weighted by Gasteiger charge is -2.25. The van der Waals surface area contributed by atoms with Gasteiger partial charge < -0.3 is 19.8 Å². The molecule has 0 aromatic rings. The van der Waals surface area contributed by atoms with Gasteiger partial charge in [0.15, 0.2) is 0 Å². The van der Waals surface area contributed by atoms with E-state index in [9.17, 15) is 19.4 Å². The molecule has 3 atom stereocenters. The fraction of sp³-hybridized carbons (Fsp3) is 0.727. The highest BCUT2D eigenvalue weighted by Gasteiger charge is 2.27. The molecule has 370 valence electrons. The number of phosphoric acid groups is 1. The number of allylic oxidation sites excluding steroid dienone is 13. The van der Waals surface area contributed by atoms with Crippen molar-refractivity contribution in [2.24, 2.45) is 0 Å². The van der Waals surface area contributed by atoms with Crippen molar-refractivity contribution >= 4 is 13.7 Å². The maximum Gasteiger partial charge on any atom is 0.472 e. The Morgan fingerprint density at radius 2 is 0.938 bits per heavy atom. The van der Waals surface area contributed by atoms with Gasteiger partial charge >= 0.3 is 7.82 Å². The van der Waals surface area contributed by atoms with E-state index in [-0.39, 0.29) is 19.1 Å². The van der Waals surface area contributed by atoms with Crippen LogP contribution in [0.5, 0.6) is 0 Å². The van der Waals surface area contributed by atoms with E-state index in [0.29, 0.717) is 17.4 Å². The molecule has 0 radical (unpaired) electrons. The maximum atomic E-state index is 12.7. The highest BCUT2D eigenvalue weighted by Crippen LogP contribution is 2.43. The van der Waals surface area contributed by atoms with Crippen molar-refractivity contribution in [2.45, 2.75) is 219 Å². The summed E-state index contributed by atoms with van der Waals surface area (Å²) >= 11 is 0. The van der Waals surface area contributed by atoms with Crippen molar-refractivity contribution in [3.63, 3.8) is 0 Å². The average molecular weight is 916 g/mol. The first-order valence-corrected chi connectivity index (χ1v) is 27.5. The number of likely N-dealkylation sites (N-methyl/N-ethyl adjacent to an activating group) is 1. The third-order valence-corrected chi connectivity index (χ3v) is 12.1. The first kappa shape index (κ1) is 61.7. The van der Waals surface area contributed by atoms with Gasteiger partial charge in [-0.3, -0.25) is 13.8 Å². The number of aliphatic hydroxyl groups excluding tert-OH is 1. The molecule has 0 spiro atoms. The molecular formula is C55H100N2O6P+. The Balaban J connectivity index is 3.69. The second-order valence-electron chi connectivity index (χ2n) is 18.5. The normalized spacial score (nSPS) is 14.8. The molecule has 3 N–H and O–H groups in total. The summed E-state index contributed by atoms with van der Waals surface area (Å²) in [7, 11) is 1.56. The lowest BCUT2D eigenvalue weighted by Crippen LogP contribution is -2.45. The quantitative estimate of drug-likeness (QED) is 0.0243. The average Bonchev–Trinajstić information content (AvgIpc) is 3.25. The fourth-order valence-electron chi connectivity index (χ4n) is 7.05. The topological polar surface area (TPSA) is 105 Å². The number of carbonyl (C=O) groups is 1. The van der Waals surface area contributed by atoms with Crippen molar-refractivity contribution in [3.05, 3.63) is 85.1 Å². The molecule has 64 heavy (non-hydrogen) atoms. The summed E-state index contributed by atoms with van der Waals surface area (Å²) in [6.45, 7) is 4.48. The number of hydrogen-bond donors (Lipinski definition) is 3. The standard InChI is InChI=1S/C55H99N2O6P/c1-6-8-10-11-12-13-14-15-16-17-18-19-20-21-22-23-24-25-26-27-28-29-30-31-32-33-34-35-36-37-38-39-40-41-42-43-44-45-47-49-55(59)56-53(54(58)48-46-9-7-2)52-63-64(60,61)62-51-50-57(3,4)5/h8,10,12-13,15-16,18-19,21-22,24-25,46,48,53-54,58H,6-7,9,11,14,17,20,23,26-45,47,49-52H2,1-5H3,(H-,56,59,60,61)/p+1/b10-8-,13-12-,16-15-,19-18-,22-21-,25-24-,48-46+. The Bertz CT molecular complexity index is 1310. The van der Waals surface area contributed by atoms with E-state index in [1.807, 2.05) is 34.1 Å². The highest BCUT2D eigenvalue weighted by molar-refractivity contribution is 7.47. The van der Waals surface area contributed by atoms with Crippen LogP contribution in [0.2, 0.25) is 0 Å². The number of amides is 1. The Labute approximate surface area is 395 Å². The van der Waals surface area contributed by atoms with Gasteiger partial charge in [0.1, 0.15) is 13.2 Å². The van der Waals surface area contributed by atoms with Gasteiger partial charge in [-0.05, 0) is 64.2 Å². The Morgan fingerprint density at radius 3 is 1.34 bits per heavy atom. The van der Waals surface area contributed by atoms with E-state index >= 15 is 0 Å². The van der Waals surface area contributed by atoms with Crippen molar-refractivity contribution in [3.8, 4) is 0 Å². The zero-order valence-electron chi connectivity index (χ0n) is 42.0. The third kappa shape index (κ3) is 47.6. The van der Waals surface area contributed by atoms with Crippen LogP contribution in [0.1, 0.15) is 206 Å². The van der Waals surface area contributed by atoms with Gasteiger partial charge in [-0.1, -0.05) is 221 Å². The van der Waals surface area contributed by atoms with Crippen LogP contribution in [-0.2, 0) is 18.4 Å². The summed E-state index contributed by atoms with van der Waals surface area (Å²) in [6, 6.07) is -0.843. The SMILES string of the molecule is CC/C=C\C/C=C\C/C=C\C/C=C\C/C=C\C/C=C\CCCCCCCCCCCCCCCCCCCCCCC(=O)NC(COP(=O)(O)OCC[N+](C)(C)C)C(O)/C=C/CCC. The van der Waals surface area contributed by atoms with E-state index in [2.05, 4.69) is 85.2 Å². The predicted molar refractivity (Wildman–Crippen MR) is 276 cm³/mol. The lowest BCUT2D eigenvalue weighted by molar-refractivity contribution is -0.870. The number of rotatable bonds is 46. The van der Waals surface area contributed by atoms with Crippen LogP contribution >= 0.6 is 7.82 Å². The number of nitrogens with zero attached hydrogens (tertiary/aromatic N) is 1. The van der Waals surface area contributed by atoms with E-state index in [4.69, 9.17) is 9.05 Å². The van der Waals surface area contributed by atoms with Crippen molar-refractivity contribution < 1.29 is 32.9 Å². The molecule has 0 rings (SSSR count). The van der Waals surface area contributed by atoms with Gasteiger partial charge in [0.05, 0.1) is 39.9 Å². The third-order valence-electron chi connectivity index (χ3n) is 11.1. The Kier molecular flexibility index (Phi) is 44.2. The first-order valence-electron chi connectivity index (χ1n) is 26.0. The number of phosphoric ester groups is 1. The smallest absolute Gasteiger partial charge is 0.387 e. The van der Waals surface area contributed by atoms with Crippen LogP contribution in [0.3, 0.4) is 0 Å². The fourth-order valence-corrected chi connectivity index (χ4v) is 7.79. The maximum absolute atomic E-state index is 12.7. The largest absolute Gasteiger partial charge is 0.472 e. The first-order chi connectivity index (χ1) is 31.0. The number of unbranched alkanes of at least 4 members (excludes halogenated alkanes) is 21. The summed E-state index contributed by atoms with van der Waals surface area (Å²) in [5, 5.41) is 13.5. The summed E-state index contributed by atoms with van der Waals surface area (Å²) in [4.78, 5) is 22.8. The number of quaternary nitrogens is 1.